The van der Waals surface area contributed by atoms with Crippen molar-refractivity contribution in [3.63, 3.8) is 0 Å². The first-order valence-corrected chi connectivity index (χ1v) is 12.9. The molecule has 0 unspecified atom stereocenters. The molecule has 2 heterocycles. The average Bonchev–Trinajstić information content (AvgIpc) is 3.45. The van der Waals surface area contributed by atoms with Crippen molar-refractivity contribution >= 4 is 11.6 Å². The largest absolute Gasteiger partial charge is 0.492 e. The minimum absolute atomic E-state index is 0.212. The first-order valence-electron chi connectivity index (χ1n) is 12.9. The molecule has 0 saturated carbocycles. The number of ether oxygens (including phenoxy) is 3. The van der Waals surface area contributed by atoms with E-state index in [0.717, 1.165) is 42.2 Å². The monoisotopic (exact) mass is 518 g/mol. The van der Waals surface area contributed by atoms with Crippen LogP contribution in [0.1, 0.15) is 24.0 Å². The Morgan fingerprint density at radius 3 is 2.58 bits per heavy atom. The van der Waals surface area contributed by atoms with E-state index in [1.165, 1.54) is 19.0 Å². The molecule has 1 aliphatic rings. The SMILES string of the molecule is C=CCOCc1cccc(-c2nc(Nc3ccc(OCCN4CCCC4)c(COCC=C)c3)ncc2F)c1. The normalized spacial score (nSPS) is 13.4. The molecule has 38 heavy (non-hydrogen) atoms. The summed E-state index contributed by atoms with van der Waals surface area (Å²) in [6.45, 7) is 12.8. The summed E-state index contributed by atoms with van der Waals surface area (Å²) >= 11 is 0. The Morgan fingerprint density at radius 2 is 1.79 bits per heavy atom. The van der Waals surface area contributed by atoms with Crippen molar-refractivity contribution < 1.29 is 18.6 Å². The molecule has 200 valence electrons. The van der Waals surface area contributed by atoms with Gasteiger partial charge in [0.15, 0.2) is 5.82 Å². The van der Waals surface area contributed by atoms with Crippen LogP contribution in [0.5, 0.6) is 5.75 Å². The van der Waals surface area contributed by atoms with Gasteiger partial charge in [0.25, 0.3) is 0 Å². The lowest BCUT2D eigenvalue weighted by atomic mass is 10.1. The molecule has 0 aliphatic carbocycles. The van der Waals surface area contributed by atoms with E-state index in [-0.39, 0.29) is 11.6 Å². The van der Waals surface area contributed by atoms with E-state index < -0.39 is 5.82 Å². The first-order chi connectivity index (χ1) is 18.7. The highest BCUT2D eigenvalue weighted by molar-refractivity contribution is 5.64. The molecule has 0 spiro atoms. The van der Waals surface area contributed by atoms with Gasteiger partial charge >= 0.3 is 0 Å². The zero-order valence-electron chi connectivity index (χ0n) is 21.7. The summed E-state index contributed by atoms with van der Waals surface area (Å²) in [5, 5.41) is 3.19. The van der Waals surface area contributed by atoms with E-state index in [2.05, 4.69) is 33.3 Å². The minimum Gasteiger partial charge on any atom is -0.492 e. The molecule has 7 nitrogen and oxygen atoms in total. The quantitative estimate of drug-likeness (QED) is 0.198. The molecule has 4 rings (SSSR count). The molecule has 1 N–H and O–H groups in total. The topological polar surface area (TPSA) is 68.7 Å². The van der Waals surface area contributed by atoms with Crippen molar-refractivity contribution in [2.45, 2.75) is 26.1 Å². The van der Waals surface area contributed by atoms with E-state index in [0.29, 0.717) is 38.6 Å². The van der Waals surface area contributed by atoms with Crippen LogP contribution in [0, 0.1) is 5.82 Å². The fourth-order valence-electron chi connectivity index (χ4n) is 4.28. The van der Waals surface area contributed by atoms with Crippen LogP contribution >= 0.6 is 0 Å². The van der Waals surface area contributed by atoms with E-state index >= 15 is 0 Å². The van der Waals surface area contributed by atoms with Crippen LogP contribution in [0.15, 0.2) is 74.0 Å². The van der Waals surface area contributed by atoms with Crippen LogP contribution in [-0.4, -0.2) is 54.3 Å². The number of hydrogen-bond acceptors (Lipinski definition) is 7. The third-order valence-corrected chi connectivity index (χ3v) is 6.12. The van der Waals surface area contributed by atoms with Crippen molar-refractivity contribution in [3.8, 4) is 17.0 Å². The van der Waals surface area contributed by atoms with Crippen LogP contribution in [0.25, 0.3) is 11.3 Å². The Morgan fingerprint density at radius 1 is 1.00 bits per heavy atom. The van der Waals surface area contributed by atoms with Crippen molar-refractivity contribution in [2.75, 3.05) is 44.8 Å². The Labute approximate surface area is 224 Å². The molecule has 0 radical (unpaired) electrons. The molecule has 1 aliphatic heterocycles. The van der Waals surface area contributed by atoms with Gasteiger partial charge in [-0.25, -0.2) is 14.4 Å². The number of anilines is 2. The summed E-state index contributed by atoms with van der Waals surface area (Å²) < 4.78 is 32.0. The second-order valence-corrected chi connectivity index (χ2v) is 9.04. The molecule has 1 aromatic heterocycles. The Kier molecular flexibility index (Phi) is 10.4. The third kappa shape index (κ3) is 7.95. The number of halogens is 1. The highest BCUT2D eigenvalue weighted by atomic mass is 19.1. The zero-order valence-corrected chi connectivity index (χ0v) is 21.7. The van der Waals surface area contributed by atoms with Crippen molar-refractivity contribution in [1.29, 1.82) is 0 Å². The number of likely N-dealkylation sites (tertiary alicyclic amines) is 1. The third-order valence-electron chi connectivity index (χ3n) is 6.12. The van der Waals surface area contributed by atoms with Gasteiger partial charge in [0, 0.05) is 23.4 Å². The summed E-state index contributed by atoms with van der Waals surface area (Å²) in [6.07, 6.45) is 7.09. The second-order valence-electron chi connectivity index (χ2n) is 9.04. The lowest BCUT2D eigenvalue weighted by Crippen LogP contribution is -2.25. The molecule has 1 fully saturated rings. The zero-order chi connectivity index (χ0) is 26.6. The average molecular weight is 519 g/mol. The smallest absolute Gasteiger partial charge is 0.227 e. The first kappa shape index (κ1) is 27.4. The number of rotatable bonds is 15. The summed E-state index contributed by atoms with van der Waals surface area (Å²) in [4.78, 5) is 11.0. The van der Waals surface area contributed by atoms with Gasteiger partial charge in [0.05, 0.1) is 32.6 Å². The second kappa shape index (κ2) is 14.4. The molecule has 0 amide bonds. The van der Waals surface area contributed by atoms with Crippen molar-refractivity contribution in [1.82, 2.24) is 14.9 Å². The molecule has 8 heteroatoms. The molecule has 3 aromatic rings. The van der Waals surface area contributed by atoms with E-state index in [1.807, 2.05) is 42.5 Å². The van der Waals surface area contributed by atoms with Gasteiger partial charge in [-0.15, -0.1) is 13.2 Å². The van der Waals surface area contributed by atoms with Gasteiger partial charge in [0.1, 0.15) is 18.1 Å². The lowest BCUT2D eigenvalue weighted by Gasteiger charge is -2.17. The number of benzene rings is 2. The van der Waals surface area contributed by atoms with Crippen LogP contribution in [-0.2, 0) is 22.7 Å². The summed E-state index contributed by atoms with van der Waals surface area (Å²) in [5.74, 6) is 0.561. The number of nitrogens with one attached hydrogen (secondary N) is 1. The molecule has 0 bridgehead atoms. The maximum atomic E-state index is 14.7. The van der Waals surface area contributed by atoms with Crippen LogP contribution in [0.2, 0.25) is 0 Å². The van der Waals surface area contributed by atoms with Crippen LogP contribution in [0.3, 0.4) is 0 Å². The van der Waals surface area contributed by atoms with Gasteiger partial charge in [-0.3, -0.25) is 4.90 Å². The predicted octanol–water partition coefficient (Wildman–Crippen LogP) is 5.91. The molecule has 1 saturated heterocycles. The summed E-state index contributed by atoms with van der Waals surface area (Å²) in [5.41, 5.74) is 3.42. The standard InChI is InChI=1S/C30H35FN4O3/c1-3-15-36-21-23-8-7-9-24(18-23)29-27(31)20-32-30(34-29)33-26-10-11-28(25(19-26)22-37-16-4-2)38-17-14-35-12-5-6-13-35/h3-4,7-11,18-20H,1-2,5-6,12-17,21-22H2,(H,32,33,34). The fraction of sp³-hybridized carbons (Fsp3) is 0.333. The van der Waals surface area contributed by atoms with Gasteiger partial charge in [-0.2, -0.15) is 0 Å². The Balaban J connectivity index is 1.48. The van der Waals surface area contributed by atoms with E-state index in [1.54, 1.807) is 12.2 Å². The summed E-state index contributed by atoms with van der Waals surface area (Å²) in [7, 11) is 0. The highest BCUT2D eigenvalue weighted by Gasteiger charge is 2.14. The maximum absolute atomic E-state index is 14.7. The number of aromatic nitrogens is 2. The van der Waals surface area contributed by atoms with E-state index in [9.17, 15) is 4.39 Å². The van der Waals surface area contributed by atoms with Gasteiger partial charge in [0.2, 0.25) is 5.95 Å². The van der Waals surface area contributed by atoms with Gasteiger partial charge < -0.3 is 19.5 Å². The Bertz CT molecular complexity index is 1210. The predicted molar refractivity (Wildman–Crippen MR) is 148 cm³/mol. The molecule has 0 atom stereocenters. The molecule has 2 aromatic carbocycles. The molecular weight excluding hydrogens is 483 g/mol. The lowest BCUT2D eigenvalue weighted by molar-refractivity contribution is 0.144. The van der Waals surface area contributed by atoms with Crippen LogP contribution < -0.4 is 10.1 Å². The minimum atomic E-state index is -0.500. The summed E-state index contributed by atoms with van der Waals surface area (Å²) in [6, 6.07) is 13.2. The van der Waals surface area contributed by atoms with Crippen molar-refractivity contribution in [2.24, 2.45) is 0 Å². The van der Waals surface area contributed by atoms with Gasteiger partial charge in [-0.1, -0.05) is 30.4 Å². The van der Waals surface area contributed by atoms with Gasteiger partial charge in [-0.05, 0) is 55.8 Å². The van der Waals surface area contributed by atoms with Crippen LogP contribution in [0.4, 0.5) is 16.0 Å². The van der Waals surface area contributed by atoms with E-state index in [4.69, 9.17) is 14.2 Å². The highest BCUT2D eigenvalue weighted by Crippen LogP contribution is 2.27. The fourth-order valence-corrected chi connectivity index (χ4v) is 4.28. The van der Waals surface area contributed by atoms with Crippen molar-refractivity contribution in [3.05, 3.63) is 90.9 Å². The maximum Gasteiger partial charge on any atom is 0.227 e. The number of hydrogen-bond donors (Lipinski definition) is 1. The molecular formula is C30H35FN4O3. The Hall–Kier alpha value is -3.59. The number of nitrogens with zero attached hydrogens (tertiary/aromatic N) is 3.